The van der Waals surface area contributed by atoms with Crippen LogP contribution < -0.4 is 10.2 Å². The van der Waals surface area contributed by atoms with Crippen molar-refractivity contribution in [2.24, 2.45) is 0 Å². The van der Waals surface area contributed by atoms with Gasteiger partial charge >= 0.3 is 0 Å². The third-order valence-electron chi connectivity index (χ3n) is 4.22. The van der Waals surface area contributed by atoms with Gasteiger partial charge in [-0.25, -0.2) is 0 Å². The van der Waals surface area contributed by atoms with Crippen LogP contribution in [0.2, 0.25) is 0 Å². The normalized spacial score (nSPS) is 15.2. The molecule has 1 N–H and O–H groups in total. The van der Waals surface area contributed by atoms with E-state index in [0.717, 1.165) is 6.54 Å². The molecule has 3 rings (SSSR count). The molecule has 0 amide bonds. The zero-order valence-corrected chi connectivity index (χ0v) is 13.8. The molecule has 1 fully saturated rings. The summed E-state index contributed by atoms with van der Waals surface area (Å²) in [5.41, 5.74) is 3.99. The van der Waals surface area contributed by atoms with Crippen LogP contribution in [-0.2, 0) is 6.54 Å². The van der Waals surface area contributed by atoms with Crippen LogP contribution in [0.15, 0.2) is 30.3 Å². The number of rotatable bonds is 4. The Labute approximate surface area is 131 Å². The summed E-state index contributed by atoms with van der Waals surface area (Å²) >= 11 is 1.88. The van der Waals surface area contributed by atoms with E-state index in [4.69, 9.17) is 0 Å². The number of nitrogens with zero attached hydrogens (tertiary/aromatic N) is 1. The fraction of sp³-hybridized carbons (Fsp3) is 0.444. The summed E-state index contributed by atoms with van der Waals surface area (Å²) in [6.07, 6.45) is 4.04. The van der Waals surface area contributed by atoms with E-state index in [-0.39, 0.29) is 0 Å². The quantitative estimate of drug-likeness (QED) is 0.858. The lowest BCUT2D eigenvalue weighted by Gasteiger charge is -2.28. The highest BCUT2D eigenvalue weighted by molar-refractivity contribution is 7.12. The first kappa shape index (κ1) is 14.5. The lowest BCUT2D eigenvalue weighted by atomic mass is 10.1. The van der Waals surface area contributed by atoms with Gasteiger partial charge in [-0.1, -0.05) is 0 Å². The number of nitrogens with one attached hydrogen (secondary N) is 1. The van der Waals surface area contributed by atoms with E-state index in [2.05, 4.69) is 54.4 Å². The van der Waals surface area contributed by atoms with E-state index in [0.29, 0.717) is 0 Å². The second-order valence-corrected chi connectivity index (χ2v) is 7.35. The molecular formula is C18H24N2S. The monoisotopic (exact) mass is 300 g/mol. The maximum atomic E-state index is 3.53. The molecule has 2 nitrogen and oxygen atoms in total. The molecule has 1 aliphatic heterocycles. The van der Waals surface area contributed by atoms with Crippen molar-refractivity contribution in [2.75, 3.05) is 23.3 Å². The number of hydrogen-bond donors (Lipinski definition) is 1. The van der Waals surface area contributed by atoms with Crippen LogP contribution in [0.3, 0.4) is 0 Å². The van der Waals surface area contributed by atoms with Crippen LogP contribution in [0.4, 0.5) is 11.4 Å². The van der Waals surface area contributed by atoms with Crippen molar-refractivity contribution >= 4 is 22.7 Å². The van der Waals surface area contributed by atoms with Gasteiger partial charge in [0.05, 0.1) is 0 Å². The third-order valence-corrected chi connectivity index (χ3v) is 5.22. The van der Waals surface area contributed by atoms with Gasteiger partial charge in [0.25, 0.3) is 0 Å². The smallest absolute Gasteiger partial charge is 0.0411 e. The minimum Gasteiger partial charge on any atom is -0.381 e. The molecule has 0 radical (unpaired) electrons. The molecule has 1 saturated heterocycles. The molecule has 0 bridgehead atoms. The van der Waals surface area contributed by atoms with Gasteiger partial charge in [-0.2, -0.15) is 0 Å². The summed E-state index contributed by atoms with van der Waals surface area (Å²) in [4.78, 5) is 5.31. The van der Waals surface area contributed by atoms with Gasteiger partial charge < -0.3 is 10.2 Å². The summed E-state index contributed by atoms with van der Waals surface area (Å²) in [6.45, 7) is 7.71. The fourth-order valence-corrected chi connectivity index (χ4v) is 3.94. The van der Waals surface area contributed by atoms with Crippen molar-refractivity contribution in [1.29, 1.82) is 0 Å². The number of anilines is 2. The second kappa shape index (κ2) is 6.52. The Balaban J connectivity index is 1.60. The Bertz CT molecular complexity index is 580. The zero-order chi connectivity index (χ0) is 14.7. The SMILES string of the molecule is Cc1cc(CNc2ccc(N3CCCCC3)cc2)c(C)s1. The Kier molecular flexibility index (Phi) is 4.49. The Morgan fingerprint density at radius 3 is 2.38 bits per heavy atom. The van der Waals surface area contributed by atoms with Crippen molar-refractivity contribution in [1.82, 2.24) is 0 Å². The molecule has 2 heterocycles. The van der Waals surface area contributed by atoms with Gasteiger partial charge in [-0.15, -0.1) is 11.3 Å². The van der Waals surface area contributed by atoms with Crippen molar-refractivity contribution in [3.05, 3.63) is 45.6 Å². The highest BCUT2D eigenvalue weighted by Gasteiger charge is 2.10. The average Bonchev–Trinajstić information content (AvgIpc) is 2.84. The van der Waals surface area contributed by atoms with E-state index < -0.39 is 0 Å². The largest absolute Gasteiger partial charge is 0.381 e. The summed E-state index contributed by atoms with van der Waals surface area (Å²) in [6, 6.07) is 11.2. The van der Waals surface area contributed by atoms with Crippen LogP contribution >= 0.6 is 11.3 Å². The predicted octanol–water partition coefficient (Wildman–Crippen LogP) is 4.97. The van der Waals surface area contributed by atoms with E-state index in [1.165, 1.54) is 59.0 Å². The lowest BCUT2D eigenvalue weighted by Crippen LogP contribution is -2.29. The second-order valence-electron chi connectivity index (χ2n) is 5.89. The molecule has 1 aromatic carbocycles. The van der Waals surface area contributed by atoms with Crippen molar-refractivity contribution in [2.45, 2.75) is 39.7 Å². The molecule has 0 aliphatic carbocycles. The van der Waals surface area contributed by atoms with Crippen LogP contribution in [0, 0.1) is 13.8 Å². The van der Waals surface area contributed by atoms with Crippen LogP contribution in [0.5, 0.6) is 0 Å². The summed E-state index contributed by atoms with van der Waals surface area (Å²) < 4.78 is 0. The number of benzene rings is 1. The first-order valence-corrected chi connectivity index (χ1v) is 8.69. The summed E-state index contributed by atoms with van der Waals surface area (Å²) in [5.74, 6) is 0. The van der Waals surface area contributed by atoms with Crippen molar-refractivity contribution in [3.8, 4) is 0 Å². The van der Waals surface area contributed by atoms with Crippen LogP contribution in [0.25, 0.3) is 0 Å². The number of piperidine rings is 1. The molecule has 21 heavy (non-hydrogen) atoms. The van der Waals surface area contributed by atoms with Crippen molar-refractivity contribution < 1.29 is 0 Å². The molecule has 0 unspecified atom stereocenters. The minimum absolute atomic E-state index is 0.916. The highest BCUT2D eigenvalue weighted by atomic mass is 32.1. The van der Waals surface area contributed by atoms with E-state index in [1.54, 1.807) is 0 Å². The first-order chi connectivity index (χ1) is 10.2. The molecule has 0 saturated carbocycles. The van der Waals surface area contributed by atoms with Crippen LogP contribution in [-0.4, -0.2) is 13.1 Å². The number of thiophene rings is 1. The summed E-state index contributed by atoms with van der Waals surface area (Å²) in [7, 11) is 0. The van der Waals surface area contributed by atoms with Crippen LogP contribution in [0.1, 0.15) is 34.6 Å². The molecule has 0 spiro atoms. The van der Waals surface area contributed by atoms with E-state index >= 15 is 0 Å². The predicted molar refractivity (Wildman–Crippen MR) is 93.6 cm³/mol. The maximum absolute atomic E-state index is 3.53. The first-order valence-electron chi connectivity index (χ1n) is 7.87. The molecular weight excluding hydrogens is 276 g/mol. The Morgan fingerprint density at radius 2 is 1.76 bits per heavy atom. The maximum Gasteiger partial charge on any atom is 0.0411 e. The molecule has 112 valence electrons. The van der Waals surface area contributed by atoms with E-state index in [1.807, 2.05) is 11.3 Å². The van der Waals surface area contributed by atoms with Gasteiger partial charge in [0.15, 0.2) is 0 Å². The van der Waals surface area contributed by atoms with Gasteiger partial charge in [-0.05, 0) is 69.0 Å². The topological polar surface area (TPSA) is 15.3 Å². The average molecular weight is 300 g/mol. The van der Waals surface area contributed by atoms with Gasteiger partial charge in [0.1, 0.15) is 0 Å². The van der Waals surface area contributed by atoms with E-state index in [9.17, 15) is 0 Å². The molecule has 1 aromatic heterocycles. The Morgan fingerprint density at radius 1 is 1.05 bits per heavy atom. The highest BCUT2D eigenvalue weighted by Crippen LogP contribution is 2.24. The summed E-state index contributed by atoms with van der Waals surface area (Å²) in [5, 5.41) is 3.53. The molecule has 1 aliphatic rings. The lowest BCUT2D eigenvalue weighted by molar-refractivity contribution is 0.578. The fourth-order valence-electron chi connectivity index (χ4n) is 3.00. The molecule has 3 heteroatoms. The number of hydrogen-bond acceptors (Lipinski definition) is 3. The van der Waals surface area contributed by atoms with Gasteiger partial charge in [0, 0.05) is 40.8 Å². The molecule has 2 aromatic rings. The third kappa shape index (κ3) is 3.59. The number of aryl methyl sites for hydroxylation is 2. The van der Waals surface area contributed by atoms with Gasteiger partial charge in [-0.3, -0.25) is 0 Å². The van der Waals surface area contributed by atoms with Crippen molar-refractivity contribution in [3.63, 3.8) is 0 Å². The minimum atomic E-state index is 0.916. The van der Waals surface area contributed by atoms with Gasteiger partial charge in [0.2, 0.25) is 0 Å². The molecule has 0 atom stereocenters. The standard InChI is InChI=1S/C18H24N2S/c1-14-12-16(15(2)21-14)13-19-17-6-8-18(9-7-17)20-10-4-3-5-11-20/h6-9,12,19H,3-5,10-11,13H2,1-2H3. The Hall–Kier alpha value is -1.48. The zero-order valence-electron chi connectivity index (χ0n) is 13.0.